The number of hydrogen-bond acceptors (Lipinski definition) is 2. The lowest BCUT2D eigenvalue weighted by atomic mass is 10.0. The fourth-order valence-electron chi connectivity index (χ4n) is 1.92. The molecule has 1 atom stereocenters. The Hall–Kier alpha value is -1.29. The van der Waals surface area contributed by atoms with Crippen molar-refractivity contribution in [2.75, 3.05) is 0 Å². The van der Waals surface area contributed by atoms with Crippen LogP contribution < -0.4 is 10.5 Å². The van der Waals surface area contributed by atoms with Gasteiger partial charge in [-0.15, -0.1) is 0 Å². The van der Waals surface area contributed by atoms with Crippen LogP contribution in [0.4, 0.5) is 4.39 Å². The minimum Gasteiger partial charge on any atom is -0.452 e. The van der Waals surface area contributed by atoms with Gasteiger partial charge in [0.2, 0.25) is 0 Å². The number of rotatable bonds is 5. The molecule has 0 radical (unpaired) electrons. The first kappa shape index (κ1) is 16.1. The van der Waals surface area contributed by atoms with Gasteiger partial charge in [0, 0.05) is 17.1 Å². The van der Waals surface area contributed by atoms with E-state index in [1.807, 2.05) is 6.92 Å². The summed E-state index contributed by atoms with van der Waals surface area (Å²) in [6, 6.07) is 9.54. The molecular formula is C16H16Cl2FNO. The second kappa shape index (κ2) is 7.12. The third-order valence-electron chi connectivity index (χ3n) is 3.16. The Morgan fingerprint density at radius 2 is 2.00 bits per heavy atom. The summed E-state index contributed by atoms with van der Waals surface area (Å²) >= 11 is 12.0. The molecule has 0 aliphatic carbocycles. The molecule has 5 heteroatoms. The average molecular weight is 328 g/mol. The van der Waals surface area contributed by atoms with Gasteiger partial charge in [0.25, 0.3) is 0 Å². The summed E-state index contributed by atoms with van der Waals surface area (Å²) in [5.74, 6) is 0.0120. The van der Waals surface area contributed by atoms with Crippen LogP contribution in [-0.2, 0) is 6.42 Å². The van der Waals surface area contributed by atoms with E-state index in [1.54, 1.807) is 30.3 Å². The van der Waals surface area contributed by atoms with Gasteiger partial charge in [-0.25, -0.2) is 4.39 Å². The molecule has 0 amide bonds. The third kappa shape index (κ3) is 4.10. The highest BCUT2D eigenvalue weighted by molar-refractivity contribution is 6.34. The van der Waals surface area contributed by atoms with Crippen LogP contribution in [0.25, 0.3) is 0 Å². The molecule has 0 aromatic heterocycles. The van der Waals surface area contributed by atoms with Crippen molar-refractivity contribution < 1.29 is 9.13 Å². The van der Waals surface area contributed by atoms with Crippen LogP contribution in [0.15, 0.2) is 36.4 Å². The van der Waals surface area contributed by atoms with Crippen molar-refractivity contribution in [3.8, 4) is 11.5 Å². The van der Waals surface area contributed by atoms with E-state index in [0.717, 1.165) is 6.42 Å². The fraction of sp³-hybridized carbons (Fsp3) is 0.250. The molecule has 0 aliphatic heterocycles. The highest BCUT2D eigenvalue weighted by atomic mass is 35.5. The second-order valence-electron chi connectivity index (χ2n) is 4.78. The van der Waals surface area contributed by atoms with Crippen LogP contribution in [0.3, 0.4) is 0 Å². The molecule has 2 aromatic carbocycles. The maximum absolute atomic E-state index is 14.1. The maximum Gasteiger partial charge on any atom is 0.166 e. The van der Waals surface area contributed by atoms with Gasteiger partial charge in [-0.1, -0.05) is 42.3 Å². The number of halogens is 3. The highest BCUT2D eigenvalue weighted by Crippen LogP contribution is 2.35. The summed E-state index contributed by atoms with van der Waals surface area (Å²) in [6.45, 7) is 1.98. The zero-order chi connectivity index (χ0) is 15.4. The number of ether oxygens (including phenoxy) is 1. The third-order valence-corrected chi connectivity index (χ3v) is 3.71. The minimum atomic E-state index is -0.452. The maximum atomic E-state index is 14.1. The van der Waals surface area contributed by atoms with Crippen molar-refractivity contribution in [1.82, 2.24) is 0 Å². The zero-order valence-corrected chi connectivity index (χ0v) is 13.1. The minimum absolute atomic E-state index is 0.0519. The van der Waals surface area contributed by atoms with E-state index >= 15 is 0 Å². The van der Waals surface area contributed by atoms with Gasteiger partial charge in [0.15, 0.2) is 11.6 Å². The van der Waals surface area contributed by atoms with Crippen LogP contribution in [0.5, 0.6) is 11.5 Å². The van der Waals surface area contributed by atoms with Crippen LogP contribution in [0.1, 0.15) is 18.9 Å². The number of para-hydroxylation sites is 1. The molecule has 1 unspecified atom stereocenters. The summed E-state index contributed by atoms with van der Waals surface area (Å²) in [4.78, 5) is 0. The molecule has 2 aromatic rings. The van der Waals surface area contributed by atoms with Crippen LogP contribution in [0.2, 0.25) is 10.0 Å². The van der Waals surface area contributed by atoms with Crippen LogP contribution in [-0.4, -0.2) is 6.04 Å². The van der Waals surface area contributed by atoms with Gasteiger partial charge in [0.1, 0.15) is 5.75 Å². The topological polar surface area (TPSA) is 35.2 Å². The second-order valence-corrected chi connectivity index (χ2v) is 5.62. The van der Waals surface area contributed by atoms with Crippen molar-refractivity contribution in [1.29, 1.82) is 0 Å². The van der Waals surface area contributed by atoms with Crippen molar-refractivity contribution in [2.45, 2.75) is 25.8 Å². The molecule has 0 fully saturated rings. The molecule has 2 nitrogen and oxygen atoms in total. The van der Waals surface area contributed by atoms with Gasteiger partial charge in [-0.05, 0) is 36.6 Å². The fourth-order valence-corrected chi connectivity index (χ4v) is 2.24. The Balaban J connectivity index is 2.36. The van der Waals surface area contributed by atoms with Crippen molar-refractivity contribution in [2.24, 2.45) is 5.73 Å². The van der Waals surface area contributed by atoms with Gasteiger partial charge in [-0.2, -0.15) is 0 Å². The summed E-state index contributed by atoms with van der Waals surface area (Å²) in [5, 5.41) is 0.839. The average Bonchev–Trinajstić information content (AvgIpc) is 2.46. The molecule has 2 rings (SSSR count). The van der Waals surface area contributed by atoms with Gasteiger partial charge in [-0.3, -0.25) is 0 Å². The normalized spacial score (nSPS) is 12.2. The summed E-state index contributed by atoms with van der Waals surface area (Å²) in [7, 11) is 0. The Bertz CT molecular complexity index is 634. The van der Waals surface area contributed by atoms with Gasteiger partial charge >= 0.3 is 0 Å². The Morgan fingerprint density at radius 3 is 2.71 bits per heavy atom. The molecule has 0 bridgehead atoms. The first-order valence-corrected chi connectivity index (χ1v) is 7.42. The van der Waals surface area contributed by atoms with Crippen LogP contribution >= 0.6 is 23.2 Å². The molecule has 0 spiro atoms. The van der Waals surface area contributed by atoms with E-state index in [2.05, 4.69) is 0 Å². The standard InChI is InChI=1S/C16H16Cl2FNO/c1-2-12(20)8-10-4-3-5-14(19)16(10)21-15-9-11(17)6-7-13(15)18/h3-7,9,12H,2,8,20H2,1H3. The van der Waals surface area contributed by atoms with E-state index < -0.39 is 5.82 Å². The molecule has 2 N–H and O–H groups in total. The molecule has 0 heterocycles. The number of nitrogens with two attached hydrogens (primary N) is 1. The lowest BCUT2D eigenvalue weighted by molar-refractivity contribution is 0.433. The molecule has 112 valence electrons. The van der Waals surface area contributed by atoms with Gasteiger partial charge < -0.3 is 10.5 Å². The largest absolute Gasteiger partial charge is 0.452 e. The van der Waals surface area contributed by atoms with Crippen molar-refractivity contribution in [3.05, 3.63) is 57.8 Å². The molecular weight excluding hydrogens is 312 g/mol. The zero-order valence-electron chi connectivity index (χ0n) is 11.6. The summed E-state index contributed by atoms with van der Waals surface area (Å²) in [6.07, 6.45) is 1.33. The van der Waals surface area contributed by atoms with E-state index in [9.17, 15) is 4.39 Å². The van der Waals surface area contributed by atoms with E-state index in [0.29, 0.717) is 27.8 Å². The first-order chi connectivity index (χ1) is 10.0. The Morgan fingerprint density at radius 1 is 1.24 bits per heavy atom. The van der Waals surface area contributed by atoms with E-state index in [-0.39, 0.29) is 11.8 Å². The lowest BCUT2D eigenvalue weighted by Crippen LogP contribution is -2.21. The van der Waals surface area contributed by atoms with E-state index in [1.165, 1.54) is 6.07 Å². The lowest BCUT2D eigenvalue weighted by Gasteiger charge is -2.15. The quantitative estimate of drug-likeness (QED) is 0.818. The highest BCUT2D eigenvalue weighted by Gasteiger charge is 2.15. The predicted molar refractivity (Wildman–Crippen MR) is 84.9 cm³/mol. The first-order valence-electron chi connectivity index (χ1n) is 6.67. The molecule has 0 aliphatic rings. The number of benzene rings is 2. The molecule has 0 saturated carbocycles. The van der Waals surface area contributed by atoms with Crippen molar-refractivity contribution >= 4 is 23.2 Å². The monoisotopic (exact) mass is 327 g/mol. The number of hydrogen-bond donors (Lipinski definition) is 1. The molecule has 21 heavy (non-hydrogen) atoms. The van der Waals surface area contributed by atoms with Gasteiger partial charge in [0.05, 0.1) is 5.02 Å². The van der Waals surface area contributed by atoms with Crippen LogP contribution in [0, 0.1) is 5.82 Å². The molecule has 0 saturated heterocycles. The predicted octanol–water partition coefficient (Wildman–Crippen LogP) is 5.20. The SMILES string of the molecule is CCC(N)Cc1cccc(F)c1Oc1cc(Cl)ccc1Cl. The van der Waals surface area contributed by atoms with Crippen molar-refractivity contribution in [3.63, 3.8) is 0 Å². The summed E-state index contributed by atoms with van der Waals surface area (Å²) in [5.41, 5.74) is 6.65. The Labute approximate surface area is 133 Å². The summed E-state index contributed by atoms with van der Waals surface area (Å²) < 4.78 is 19.7. The smallest absolute Gasteiger partial charge is 0.166 e. The Kier molecular flexibility index (Phi) is 5.45. The van der Waals surface area contributed by atoms with E-state index in [4.69, 9.17) is 33.7 Å².